The zero-order valence-corrected chi connectivity index (χ0v) is 18.4. The summed E-state index contributed by atoms with van der Waals surface area (Å²) in [5.41, 5.74) is 5.23. The molecule has 2 nitrogen and oxygen atoms in total. The van der Waals surface area contributed by atoms with Gasteiger partial charge in [-0.25, -0.2) is 0 Å². The van der Waals surface area contributed by atoms with Gasteiger partial charge in [0, 0.05) is 0 Å². The van der Waals surface area contributed by atoms with Crippen LogP contribution in [0.3, 0.4) is 0 Å². The van der Waals surface area contributed by atoms with Crippen LogP contribution in [-0.2, 0) is 9.59 Å². The van der Waals surface area contributed by atoms with Gasteiger partial charge in [-0.3, -0.25) is 9.59 Å². The van der Waals surface area contributed by atoms with Gasteiger partial charge in [0.1, 0.15) is 0 Å². The summed E-state index contributed by atoms with van der Waals surface area (Å²) in [6.07, 6.45) is 10.5. The largest absolute Gasteiger partial charge is 0.290 e. The van der Waals surface area contributed by atoms with Crippen molar-refractivity contribution in [1.82, 2.24) is 0 Å². The highest BCUT2D eigenvalue weighted by Crippen LogP contribution is 2.12. The van der Waals surface area contributed by atoms with Crippen LogP contribution in [0, 0.1) is 0 Å². The average Bonchev–Trinajstić information content (AvgIpc) is 2.82. The van der Waals surface area contributed by atoms with E-state index in [4.69, 9.17) is 0 Å². The molecule has 0 radical (unpaired) electrons. The minimum absolute atomic E-state index is 0.0240. The third-order valence-corrected chi connectivity index (χ3v) is 4.93. The molecule has 0 spiro atoms. The molecule has 0 aliphatic rings. The van der Waals surface area contributed by atoms with Crippen LogP contribution in [0.25, 0.3) is 24.3 Å². The van der Waals surface area contributed by atoms with E-state index in [1.165, 1.54) is 0 Å². The van der Waals surface area contributed by atoms with Crippen molar-refractivity contribution < 1.29 is 9.59 Å². The van der Waals surface area contributed by atoms with Gasteiger partial charge < -0.3 is 0 Å². The highest BCUT2D eigenvalue weighted by molar-refractivity contribution is 6.09. The van der Waals surface area contributed by atoms with Gasteiger partial charge in [0.15, 0.2) is 11.6 Å². The predicted molar refractivity (Wildman–Crippen MR) is 135 cm³/mol. The van der Waals surface area contributed by atoms with E-state index in [1.54, 1.807) is 24.3 Å². The van der Waals surface area contributed by atoms with Crippen LogP contribution in [0.1, 0.15) is 36.1 Å². The van der Waals surface area contributed by atoms with Crippen molar-refractivity contribution in [3.63, 3.8) is 0 Å². The van der Waals surface area contributed by atoms with Crippen LogP contribution >= 0.6 is 0 Å². The summed E-state index contributed by atoms with van der Waals surface area (Å²) in [7, 11) is 0. The van der Waals surface area contributed by atoms with E-state index >= 15 is 0 Å². The van der Waals surface area contributed by atoms with E-state index in [2.05, 4.69) is 0 Å². The molecular formula is C30H26O2. The lowest BCUT2D eigenvalue weighted by molar-refractivity contribution is -0.111. The van der Waals surface area contributed by atoms with E-state index < -0.39 is 0 Å². The molecule has 2 heteroatoms. The molecule has 0 heterocycles. The smallest absolute Gasteiger partial charge is 0.181 e. The average molecular weight is 419 g/mol. The number of carbonyl (C=O) groups excluding carboxylic acids is 2. The van der Waals surface area contributed by atoms with Gasteiger partial charge >= 0.3 is 0 Å². The molecule has 0 aliphatic heterocycles. The molecule has 158 valence electrons. The molecule has 0 amide bonds. The number of benzene rings is 3. The Hall–Kier alpha value is -4.04. The topological polar surface area (TPSA) is 34.1 Å². The summed E-state index contributed by atoms with van der Waals surface area (Å²) < 4.78 is 0. The Bertz CT molecular complexity index is 1080. The molecule has 0 atom stereocenters. The second-order valence-electron chi connectivity index (χ2n) is 7.54. The summed E-state index contributed by atoms with van der Waals surface area (Å²) in [6.45, 7) is 3.64. The molecule has 0 aliphatic carbocycles. The van der Waals surface area contributed by atoms with Crippen LogP contribution in [-0.4, -0.2) is 11.6 Å². The Balaban J connectivity index is 1.60. The number of allylic oxidation sites excluding steroid dienone is 4. The molecule has 3 aromatic carbocycles. The van der Waals surface area contributed by atoms with Crippen molar-refractivity contribution in [1.29, 1.82) is 0 Å². The van der Waals surface area contributed by atoms with E-state index in [0.717, 1.165) is 22.3 Å². The fourth-order valence-corrected chi connectivity index (χ4v) is 3.07. The first-order valence-electron chi connectivity index (χ1n) is 10.5. The summed E-state index contributed by atoms with van der Waals surface area (Å²) in [5.74, 6) is -0.0480. The quantitative estimate of drug-likeness (QED) is 0.367. The lowest BCUT2D eigenvalue weighted by Crippen LogP contribution is -1.94. The first kappa shape index (κ1) is 22.6. The highest BCUT2D eigenvalue weighted by Gasteiger charge is 2.01. The molecule has 0 bridgehead atoms. The van der Waals surface area contributed by atoms with Gasteiger partial charge in [0.25, 0.3) is 0 Å². The fraction of sp³-hybridized carbons (Fsp3) is 0.0667. The van der Waals surface area contributed by atoms with Crippen LogP contribution < -0.4 is 0 Å². The Morgan fingerprint density at radius 1 is 0.500 bits per heavy atom. The van der Waals surface area contributed by atoms with Gasteiger partial charge in [-0.2, -0.15) is 0 Å². The molecular weight excluding hydrogens is 392 g/mol. The van der Waals surface area contributed by atoms with Crippen molar-refractivity contribution in [2.45, 2.75) is 13.8 Å². The Morgan fingerprint density at radius 2 is 0.844 bits per heavy atom. The van der Waals surface area contributed by atoms with Crippen molar-refractivity contribution in [3.05, 3.63) is 130 Å². The van der Waals surface area contributed by atoms with Crippen LogP contribution in [0.4, 0.5) is 0 Å². The van der Waals surface area contributed by atoms with Gasteiger partial charge in [0.05, 0.1) is 0 Å². The normalized spacial score (nSPS) is 12.4. The van der Waals surface area contributed by atoms with Crippen molar-refractivity contribution in [2.24, 2.45) is 0 Å². The molecule has 0 N–H and O–H groups in total. The Labute approximate surface area is 189 Å². The Kier molecular flexibility index (Phi) is 8.05. The van der Waals surface area contributed by atoms with E-state index in [0.29, 0.717) is 11.1 Å². The number of hydrogen-bond acceptors (Lipinski definition) is 2. The first-order chi connectivity index (χ1) is 15.5. The zero-order valence-electron chi connectivity index (χ0n) is 18.4. The van der Waals surface area contributed by atoms with Crippen LogP contribution in [0.5, 0.6) is 0 Å². The Morgan fingerprint density at radius 3 is 1.19 bits per heavy atom. The predicted octanol–water partition coefficient (Wildman–Crippen LogP) is 7.06. The highest BCUT2D eigenvalue weighted by atomic mass is 16.1. The molecule has 32 heavy (non-hydrogen) atoms. The maximum absolute atomic E-state index is 12.4. The molecule has 3 aromatic rings. The number of carbonyl (C=O) groups is 2. The zero-order chi connectivity index (χ0) is 22.8. The lowest BCUT2D eigenvalue weighted by Gasteiger charge is -1.99. The monoisotopic (exact) mass is 418 g/mol. The van der Waals surface area contributed by atoms with Gasteiger partial charge in [-0.05, 0) is 71.6 Å². The van der Waals surface area contributed by atoms with Crippen LogP contribution in [0.2, 0.25) is 0 Å². The first-order valence-corrected chi connectivity index (χ1v) is 10.5. The van der Waals surface area contributed by atoms with Gasteiger partial charge in [-0.1, -0.05) is 97.1 Å². The molecule has 0 unspecified atom stereocenters. The standard InChI is InChI=1S/C30H26O2/c1-23(21-27-9-5-3-6-10-27)29(31)19-17-25-13-15-26(16-14-25)18-20-30(32)24(2)22-28-11-7-4-8-12-28/h3-22H,1-2H3/b19-17+,20-18+,23-21+,24-22+. The van der Waals surface area contributed by atoms with E-state index in [1.807, 2.05) is 111 Å². The van der Waals surface area contributed by atoms with Crippen LogP contribution in [0.15, 0.2) is 108 Å². The molecule has 0 saturated carbocycles. The van der Waals surface area contributed by atoms with Gasteiger partial charge in [0.2, 0.25) is 0 Å². The number of ketones is 2. The number of hydrogen-bond donors (Lipinski definition) is 0. The maximum atomic E-state index is 12.4. The van der Waals surface area contributed by atoms with Gasteiger partial charge in [-0.15, -0.1) is 0 Å². The summed E-state index contributed by atoms with van der Waals surface area (Å²) in [5, 5.41) is 0. The van der Waals surface area contributed by atoms with E-state index in [9.17, 15) is 9.59 Å². The molecule has 0 saturated heterocycles. The second-order valence-corrected chi connectivity index (χ2v) is 7.54. The van der Waals surface area contributed by atoms with Crippen molar-refractivity contribution in [2.75, 3.05) is 0 Å². The maximum Gasteiger partial charge on any atom is 0.181 e. The molecule has 0 aromatic heterocycles. The third kappa shape index (κ3) is 7.03. The summed E-state index contributed by atoms with van der Waals surface area (Å²) >= 11 is 0. The van der Waals surface area contributed by atoms with Crippen molar-refractivity contribution in [3.8, 4) is 0 Å². The van der Waals surface area contributed by atoms with Crippen molar-refractivity contribution >= 4 is 35.9 Å². The third-order valence-electron chi connectivity index (χ3n) is 4.93. The second kappa shape index (κ2) is 11.4. The minimum atomic E-state index is -0.0240. The molecule has 3 rings (SSSR count). The summed E-state index contributed by atoms with van der Waals surface area (Å²) in [4.78, 5) is 24.7. The fourth-order valence-electron chi connectivity index (χ4n) is 3.07. The summed E-state index contributed by atoms with van der Waals surface area (Å²) in [6, 6.07) is 27.3. The van der Waals surface area contributed by atoms with E-state index in [-0.39, 0.29) is 11.6 Å². The SMILES string of the molecule is C/C(=C\c1ccccc1)C(=O)/C=C/c1ccc(/C=C/C(=O)/C(C)=C/c2ccccc2)cc1. The number of rotatable bonds is 8. The lowest BCUT2D eigenvalue weighted by atomic mass is 10.1. The minimum Gasteiger partial charge on any atom is -0.290 e. The molecule has 0 fully saturated rings.